The zero-order chi connectivity index (χ0) is 71.5. The Balaban J connectivity index is 0.778. The van der Waals surface area contributed by atoms with Crippen molar-refractivity contribution in [1.82, 2.24) is 49.0 Å². The van der Waals surface area contributed by atoms with Gasteiger partial charge in [0.15, 0.2) is 34.9 Å². The van der Waals surface area contributed by atoms with Gasteiger partial charge in [-0.2, -0.15) is 0 Å². The van der Waals surface area contributed by atoms with Gasteiger partial charge in [-0.3, -0.25) is 9.97 Å². The van der Waals surface area contributed by atoms with Crippen LogP contribution in [0.5, 0.6) is 0 Å². The number of benzene rings is 13. The Morgan fingerprint density at radius 3 is 1.17 bits per heavy atom. The molecule has 107 heavy (non-hydrogen) atoms. The van der Waals surface area contributed by atoms with Crippen molar-refractivity contribution in [2.75, 3.05) is 0 Å². The fourth-order valence-electron chi connectivity index (χ4n) is 15.4. The zero-order valence-electron chi connectivity index (χ0n) is 58.9. The largest absolute Gasteiger partial charge is 0.308 e. The molecule has 0 aliphatic heterocycles. The van der Waals surface area contributed by atoms with Crippen LogP contribution in [0.2, 0.25) is 0 Å². The molecule has 19 aromatic rings. The van der Waals surface area contributed by atoms with E-state index in [2.05, 4.69) is 276 Å². The van der Waals surface area contributed by atoms with Gasteiger partial charge in [-0.15, -0.1) is 0 Å². The number of hydrogen-bond donors (Lipinski definition) is 0. The van der Waals surface area contributed by atoms with Crippen LogP contribution in [0.3, 0.4) is 0 Å². The lowest BCUT2D eigenvalue weighted by Gasteiger charge is -2.17. The molecule has 0 fully saturated rings. The van der Waals surface area contributed by atoms with Gasteiger partial charge in [-0.1, -0.05) is 243 Å². The summed E-state index contributed by atoms with van der Waals surface area (Å²) in [6, 6.07) is 114. The number of aryl methyl sites for hydroxylation is 3. The second-order valence-electron chi connectivity index (χ2n) is 27.3. The second-order valence-corrected chi connectivity index (χ2v) is 27.3. The molecule has 0 N–H and O–H groups in total. The van der Waals surface area contributed by atoms with E-state index in [1.165, 1.54) is 16.7 Å². The average Bonchev–Trinajstić information content (AvgIpc) is 1.59. The molecule has 10 heteroatoms. The molecule has 0 atom stereocenters. The van der Waals surface area contributed by atoms with E-state index in [0.717, 1.165) is 155 Å². The van der Waals surface area contributed by atoms with E-state index in [1.54, 1.807) is 0 Å². The number of hydrogen-bond acceptors (Lipinski definition) is 8. The lowest BCUT2D eigenvalue weighted by atomic mass is 9.88. The Morgan fingerprint density at radius 1 is 0.215 bits per heavy atom. The van der Waals surface area contributed by atoms with E-state index in [9.17, 15) is 0 Å². The van der Waals surface area contributed by atoms with E-state index >= 15 is 0 Å². The summed E-state index contributed by atoms with van der Waals surface area (Å²) in [6.07, 6.45) is 7.44. The van der Waals surface area contributed by atoms with Crippen LogP contribution in [0.15, 0.2) is 346 Å². The lowest BCUT2D eigenvalue weighted by Crippen LogP contribution is -2.04. The first kappa shape index (κ1) is 63.7. The second kappa shape index (κ2) is 26.9. The standard InChI is InChI=1S/C97H66N10/c1-61-51-75(70-39-44-80-79-36-18-19-38-85(79)107(90(80)58-70)89-46-41-69(74-34-22-50-99-60-74)55-84(89)97-104-94(66-29-12-6-13-30-66)101-95(105-97)67-31-14-7-15-32-67)53-76(52-61)78-37-20-24-63(3)91(78)72-43-48-87-82(57-72)81-56-71(77-35-17-16-23-62(77)2)42-47-86(81)106(87)88-45-40-68(73-33-21-49-98-59-73)54-83(88)96-102-92(64-25-8-4-9-26-64)100-93(103-96)65-27-10-5-11-28-65/h4-60H,1-3H3. The van der Waals surface area contributed by atoms with E-state index in [0.29, 0.717) is 34.9 Å². The van der Waals surface area contributed by atoms with Gasteiger partial charge in [0.1, 0.15) is 0 Å². The summed E-state index contributed by atoms with van der Waals surface area (Å²) in [5.74, 6) is 3.47. The van der Waals surface area contributed by atoms with Gasteiger partial charge in [-0.25, -0.2) is 29.9 Å². The van der Waals surface area contributed by atoms with E-state index in [1.807, 2.05) is 110 Å². The Kier molecular flexibility index (Phi) is 16.0. The number of para-hydroxylation sites is 1. The van der Waals surface area contributed by atoms with Crippen LogP contribution in [0, 0.1) is 20.8 Å². The molecule has 0 radical (unpaired) electrons. The molecule has 0 amide bonds. The number of nitrogens with zero attached hydrogens (tertiary/aromatic N) is 10. The Labute approximate surface area is 619 Å². The summed E-state index contributed by atoms with van der Waals surface area (Å²) in [7, 11) is 0. The van der Waals surface area contributed by atoms with Crippen LogP contribution < -0.4 is 0 Å². The van der Waals surface area contributed by atoms with E-state index < -0.39 is 0 Å². The maximum absolute atomic E-state index is 5.39. The molecule has 6 heterocycles. The molecular weight excluding hydrogens is 1310 g/mol. The summed E-state index contributed by atoms with van der Waals surface area (Å²) in [5.41, 5.74) is 27.9. The minimum Gasteiger partial charge on any atom is -0.308 e. The van der Waals surface area contributed by atoms with Gasteiger partial charge in [0.05, 0.1) is 33.4 Å². The monoisotopic (exact) mass is 1370 g/mol. The third-order valence-electron chi connectivity index (χ3n) is 20.5. The van der Waals surface area contributed by atoms with Crippen molar-refractivity contribution in [3.05, 3.63) is 363 Å². The lowest BCUT2D eigenvalue weighted by molar-refractivity contribution is 1.06. The van der Waals surface area contributed by atoms with Crippen molar-refractivity contribution in [3.63, 3.8) is 0 Å². The topological polar surface area (TPSA) is 113 Å². The summed E-state index contributed by atoms with van der Waals surface area (Å²) < 4.78 is 4.80. The van der Waals surface area contributed by atoms with Gasteiger partial charge < -0.3 is 9.13 Å². The molecule has 0 aliphatic carbocycles. The number of pyridine rings is 2. The fourth-order valence-corrected chi connectivity index (χ4v) is 15.4. The van der Waals surface area contributed by atoms with Crippen LogP contribution in [0.4, 0.5) is 0 Å². The molecule has 10 nitrogen and oxygen atoms in total. The average molecular weight is 1370 g/mol. The molecule has 19 rings (SSSR count). The summed E-state index contributed by atoms with van der Waals surface area (Å²) in [5, 5.41) is 4.50. The normalized spacial score (nSPS) is 11.5. The first-order valence-corrected chi connectivity index (χ1v) is 36.0. The Bertz CT molecular complexity index is 6520. The van der Waals surface area contributed by atoms with Crippen LogP contribution >= 0.6 is 0 Å². The highest BCUT2D eigenvalue weighted by molar-refractivity contribution is 6.14. The maximum Gasteiger partial charge on any atom is 0.166 e. The highest BCUT2D eigenvalue weighted by atomic mass is 15.1. The quantitative estimate of drug-likeness (QED) is 0.106. The smallest absolute Gasteiger partial charge is 0.166 e. The maximum atomic E-state index is 5.39. The molecule has 0 unspecified atom stereocenters. The third-order valence-corrected chi connectivity index (χ3v) is 20.5. The molecule has 13 aromatic carbocycles. The van der Waals surface area contributed by atoms with E-state index in [4.69, 9.17) is 29.9 Å². The number of fused-ring (bicyclic) bond motifs is 6. The van der Waals surface area contributed by atoms with Gasteiger partial charge in [-0.05, 0) is 172 Å². The predicted octanol–water partition coefficient (Wildman–Crippen LogP) is 24.0. The van der Waals surface area contributed by atoms with Crippen molar-refractivity contribution in [3.8, 4) is 146 Å². The molecule has 504 valence electrons. The van der Waals surface area contributed by atoms with Crippen molar-refractivity contribution < 1.29 is 0 Å². The molecule has 0 saturated carbocycles. The molecule has 0 saturated heterocycles. The zero-order valence-corrected chi connectivity index (χ0v) is 58.9. The highest BCUT2D eigenvalue weighted by Gasteiger charge is 2.26. The van der Waals surface area contributed by atoms with Crippen molar-refractivity contribution in [2.24, 2.45) is 0 Å². The van der Waals surface area contributed by atoms with Crippen molar-refractivity contribution in [2.45, 2.75) is 20.8 Å². The first-order valence-electron chi connectivity index (χ1n) is 36.0. The summed E-state index contributed by atoms with van der Waals surface area (Å²) in [4.78, 5) is 40.9. The Morgan fingerprint density at radius 2 is 0.626 bits per heavy atom. The summed E-state index contributed by atoms with van der Waals surface area (Å²) >= 11 is 0. The van der Waals surface area contributed by atoms with Crippen LogP contribution in [0.25, 0.3) is 190 Å². The van der Waals surface area contributed by atoms with Crippen LogP contribution in [0.1, 0.15) is 16.7 Å². The number of aromatic nitrogens is 10. The van der Waals surface area contributed by atoms with Crippen molar-refractivity contribution in [1.29, 1.82) is 0 Å². The predicted molar refractivity (Wildman–Crippen MR) is 437 cm³/mol. The minimum absolute atomic E-state index is 0.554. The highest BCUT2D eigenvalue weighted by Crippen LogP contribution is 2.46. The first-order chi connectivity index (χ1) is 52.8. The van der Waals surface area contributed by atoms with Gasteiger partial charge in [0, 0.05) is 90.8 Å². The van der Waals surface area contributed by atoms with Crippen LogP contribution in [-0.2, 0) is 0 Å². The fraction of sp³-hybridized carbons (Fsp3) is 0.0309. The van der Waals surface area contributed by atoms with Gasteiger partial charge in [0.25, 0.3) is 0 Å². The SMILES string of the molecule is Cc1cc(-c2ccc3c4ccccc4n(-c4ccc(-c5cccnc5)cc4-c4nc(-c5ccccc5)nc(-c5ccccc5)n4)c3c2)cc(-c2cccc(C)c2-c2ccc3c(c2)c2cc(-c4ccccc4C)ccc2n3-c2ccc(-c3cccnc3)cc2-c2nc(-c3ccccc3)nc(-c3ccccc3)n2)c1. The van der Waals surface area contributed by atoms with Gasteiger partial charge >= 0.3 is 0 Å². The molecule has 6 aromatic heterocycles. The molecule has 0 aliphatic rings. The minimum atomic E-state index is 0.554. The van der Waals surface area contributed by atoms with Crippen molar-refractivity contribution >= 4 is 43.6 Å². The van der Waals surface area contributed by atoms with E-state index in [-0.39, 0.29) is 0 Å². The van der Waals surface area contributed by atoms with Crippen LogP contribution in [-0.4, -0.2) is 49.0 Å². The molecular formula is C97H66N10. The molecule has 0 spiro atoms. The van der Waals surface area contributed by atoms with Gasteiger partial charge in [0.2, 0.25) is 0 Å². The summed E-state index contributed by atoms with van der Waals surface area (Å²) in [6.45, 7) is 6.64. The Hall–Kier alpha value is -14.2. The third kappa shape index (κ3) is 11.8. The molecule has 0 bridgehead atoms. The number of rotatable bonds is 14.